The molecule has 0 aromatic rings. The zero-order valence-corrected chi connectivity index (χ0v) is 24.3. The summed E-state index contributed by atoms with van der Waals surface area (Å²) in [4.78, 5) is 27.4. The van der Waals surface area contributed by atoms with E-state index >= 15 is 0 Å². The second-order valence-corrected chi connectivity index (χ2v) is 15.4. The molecule has 37 heavy (non-hydrogen) atoms. The number of rotatable bonds is 1. The van der Waals surface area contributed by atoms with Crippen LogP contribution in [-0.2, 0) is 9.59 Å². The van der Waals surface area contributed by atoms with Gasteiger partial charge >= 0.3 is 0 Å². The van der Waals surface area contributed by atoms with Gasteiger partial charge < -0.3 is 5.21 Å². The van der Waals surface area contributed by atoms with Crippen LogP contribution in [0.4, 0.5) is 0 Å². The van der Waals surface area contributed by atoms with Crippen LogP contribution in [0, 0.1) is 50.2 Å². The van der Waals surface area contributed by atoms with Crippen molar-refractivity contribution in [1.29, 1.82) is 0 Å². The van der Waals surface area contributed by atoms with Crippen LogP contribution in [0.2, 0.25) is 0 Å². The molecule has 1 amide bonds. The fourth-order valence-corrected chi connectivity index (χ4v) is 10.8. The second kappa shape index (κ2) is 7.92. The van der Waals surface area contributed by atoms with E-state index < -0.39 is 5.41 Å². The highest BCUT2D eigenvalue weighted by atomic mass is 16.5. The smallest absolute Gasteiger partial charge is 0.251 e. The molecule has 6 heteroatoms. The fourth-order valence-electron chi connectivity index (χ4n) is 10.8. The molecule has 4 fully saturated rings. The number of carbonyl (C=O) groups is 2. The third-order valence-corrected chi connectivity index (χ3v) is 13.3. The van der Waals surface area contributed by atoms with Crippen molar-refractivity contribution in [3.05, 3.63) is 11.6 Å². The summed E-state index contributed by atoms with van der Waals surface area (Å²) in [7, 11) is 1.43. The monoisotopic (exact) mass is 512 g/mol. The minimum absolute atomic E-state index is 0.0587. The number of amides is 1. The van der Waals surface area contributed by atoms with Gasteiger partial charge in [-0.15, -0.1) is 0 Å². The van der Waals surface area contributed by atoms with Crippen LogP contribution in [-0.4, -0.2) is 39.9 Å². The lowest BCUT2D eigenvalue weighted by molar-refractivity contribution is -0.182. The van der Waals surface area contributed by atoms with Crippen molar-refractivity contribution in [2.75, 3.05) is 7.05 Å². The van der Waals surface area contributed by atoms with Crippen LogP contribution in [0.3, 0.4) is 0 Å². The van der Waals surface area contributed by atoms with E-state index in [9.17, 15) is 20.0 Å². The van der Waals surface area contributed by atoms with Crippen molar-refractivity contribution in [3.8, 4) is 0 Å². The number of fused-ring (bicyclic) bond motifs is 7. The van der Waals surface area contributed by atoms with E-state index in [4.69, 9.17) is 0 Å². The van der Waals surface area contributed by atoms with Crippen molar-refractivity contribution in [2.24, 2.45) is 55.4 Å². The number of hydrogen-bond donors (Lipinski definition) is 2. The lowest BCUT2D eigenvalue weighted by Crippen LogP contribution is -2.66. The Morgan fingerprint density at radius 2 is 1.65 bits per heavy atom. The third-order valence-electron chi connectivity index (χ3n) is 13.3. The van der Waals surface area contributed by atoms with E-state index in [2.05, 4.69) is 46.7 Å². The average molecular weight is 513 g/mol. The molecule has 0 saturated heterocycles. The number of ketones is 1. The van der Waals surface area contributed by atoms with E-state index in [1.807, 2.05) is 13.0 Å². The Labute approximate surface area is 222 Å². The molecule has 5 aliphatic carbocycles. The van der Waals surface area contributed by atoms with Crippen molar-refractivity contribution in [1.82, 2.24) is 5.06 Å². The molecule has 5 rings (SSSR count). The molecule has 1 unspecified atom stereocenters. The van der Waals surface area contributed by atoms with Crippen LogP contribution in [0.5, 0.6) is 0 Å². The number of hydroxylamine groups is 2. The Kier molecular flexibility index (Phi) is 5.76. The number of nitrogens with zero attached hydrogens (tertiary/aromatic N) is 2. The van der Waals surface area contributed by atoms with Crippen LogP contribution in [0.25, 0.3) is 0 Å². The molecule has 4 saturated carbocycles. The molecule has 0 aromatic carbocycles. The third kappa shape index (κ3) is 3.29. The number of carbonyl (C=O) groups excluding carboxylic acids is 2. The molecule has 2 N–H and O–H groups in total. The molecule has 0 aromatic heterocycles. The topological polar surface area (TPSA) is 90.2 Å². The molecule has 8 atom stereocenters. The second-order valence-electron chi connectivity index (χ2n) is 15.4. The van der Waals surface area contributed by atoms with Gasteiger partial charge in [0.05, 0.1) is 5.71 Å². The van der Waals surface area contributed by atoms with Crippen LogP contribution >= 0.6 is 0 Å². The SMILES string of the molecule is CN(O)C(=O)[C@@]1(C)CC[C@]2(C)CC[C@]3(C)C(=CC(=O)[C@@H]4[C@@]5(C)CCC(=NO)C(C)(C)C5CC[C@]43C)[C@@H]2C1. The number of hydrogen-bond acceptors (Lipinski definition) is 5. The average Bonchev–Trinajstić information content (AvgIpc) is 2.80. The Morgan fingerprint density at radius 1 is 1.00 bits per heavy atom. The Balaban J connectivity index is 1.60. The summed E-state index contributed by atoms with van der Waals surface area (Å²) < 4.78 is 0. The van der Waals surface area contributed by atoms with Gasteiger partial charge in [-0.25, -0.2) is 5.06 Å². The predicted molar refractivity (Wildman–Crippen MR) is 143 cm³/mol. The maximum atomic E-state index is 14.4. The van der Waals surface area contributed by atoms with Gasteiger partial charge in [0.15, 0.2) is 5.78 Å². The van der Waals surface area contributed by atoms with Crippen molar-refractivity contribution in [3.63, 3.8) is 0 Å². The summed E-state index contributed by atoms with van der Waals surface area (Å²) in [5.41, 5.74) is 0.956. The summed E-state index contributed by atoms with van der Waals surface area (Å²) >= 11 is 0. The summed E-state index contributed by atoms with van der Waals surface area (Å²) in [5, 5.41) is 24.2. The summed E-state index contributed by atoms with van der Waals surface area (Å²) in [5.74, 6) is 0.454. The lowest BCUT2D eigenvalue weighted by Gasteiger charge is -2.70. The largest absolute Gasteiger partial charge is 0.411 e. The van der Waals surface area contributed by atoms with E-state index in [0.717, 1.165) is 62.1 Å². The first-order chi connectivity index (χ1) is 17.0. The first-order valence-corrected chi connectivity index (χ1v) is 14.4. The first-order valence-electron chi connectivity index (χ1n) is 14.4. The normalized spacial score (nSPS) is 49.8. The van der Waals surface area contributed by atoms with Gasteiger partial charge in [0, 0.05) is 23.8 Å². The summed E-state index contributed by atoms with van der Waals surface area (Å²) in [6.45, 7) is 15.9. The molecule has 0 bridgehead atoms. The molecule has 206 valence electrons. The molecule has 0 heterocycles. The van der Waals surface area contributed by atoms with Crippen LogP contribution in [0.15, 0.2) is 16.8 Å². The predicted octanol–water partition coefficient (Wildman–Crippen LogP) is 6.64. The van der Waals surface area contributed by atoms with E-state index in [1.165, 1.54) is 12.6 Å². The fraction of sp³-hybridized carbons (Fsp3) is 0.839. The summed E-state index contributed by atoms with van der Waals surface area (Å²) in [6, 6.07) is 0. The highest BCUT2D eigenvalue weighted by Crippen LogP contribution is 2.74. The number of allylic oxidation sites excluding steroid dienone is 2. The van der Waals surface area contributed by atoms with Gasteiger partial charge in [0.1, 0.15) is 0 Å². The molecular weight excluding hydrogens is 464 g/mol. The molecule has 0 aliphatic heterocycles. The van der Waals surface area contributed by atoms with Crippen LogP contribution in [0.1, 0.15) is 106 Å². The minimum Gasteiger partial charge on any atom is -0.411 e. The lowest BCUT2D eigenvalue weighted by atomic mass is 9.33. The van der Waals surface area contributed by atoms with Gasteiger partial charge in [0.25, 0.3) is 5.91 Å². The zero-order valence-electron chi connectivity index (χ0n) is 24.3. The van der Waals surface area contributed by atoms with Gasteiger partial charge in [-0.1, -0.05) is 59.2 Å². The molecule has 5 aliphatic rings. The zero-order chi connectivity index (χ0) is 27.4. The number of oxime groups is 1. The molecule has 6 nitrogen and oxygen atoms in total. The maximum Gasteiger partial charge on any atom is 0.251 e. The van der Waals surface area contributed by atoms with Crippen LogP contribution < -0.4 is 0 Å². The molecule has 0 radical (unpaired) electrons. The quantitative estimate of drug-likeness (QED) is 0.234. The standard InChI is InChI=1S/C31H48N2O4/c1-26(2)22-9-12-31(7)24(29(22,5)11-10-23(26)32-36)21(34)17-19-20-18-28(4,25(35)33(8)37)14-13-27(20,3)15-16-30(19,31)6/h17,20,22,24,36-37H,9-16,18H2,1-8H3/t20-,22?,24+,27+,28-,29-,30+,31+/m0/s1. The van der Waals surface area contributed by atoms with Crippen molar-refractivity contribution in [2.45, 2.75) is 106 Å². The van der Waals surface area contributed by atoms with Gasteiger partial charge in [0.2, 0.25) is 0 Å². The highest BCUT2D eigenvalue weighted by molar-refractivity contribution is 5.97. The first kappa shape index (κ1) is 26.9. The van der Waals surface area contributed by atoms with Gasteiger partial charge in [-0.05, 0) is 97.4 Å². The maximum absolute atomic E-state index is 14.4. The van der Waals surface area contributed by atoms with Crippen molar-refractivity contribution >= 4 is 17.4 Å². The van der Waals surface area contributed by atoms with Gasteiger partial charge in [-0.2, -0.15) is 0 Å². The Hall–Kier alpha value is -1.69. The Bertz CT molecular complexity index is 1090. The van der Waals surface area contributed by atoms with E-state index in [-0.39, 0.29) is 50.6 Å². The highest BCUT2D eigenvalue weighted by Gasteiger charge is 2.70. The van der Waals surface area contributed by atoms with E-state index in [1.54, 1.807) is 0 Å². The summed E-state index contributed by atoms with van der Waals surface area (Å²) in [6.07, 6.45) is 10.2. The van der Waals surface area contributed by atoms with Crippen molar-refractivity contribution < 1.29 is 20.0 Å². The van der Waals surface area contributed by atoms with E-state index in [0.29, 0.717) is 12.3 Å². The minimum atomic E-state index is -0.620. The Morgan fingerprint density at radius 3 is 2.27 bits per heavy atom. The van der Waals surface area contributed by atoms with Gasteiger partial charge in [-0.3, -0.25) is 14.8 Å². The molecular formula is C31H48N2O4. The molecule has 0 spiro atoms.